The topological polar surface area (TPSA) is 50.3 Å². The summed E-state index contributed by atoms with van der Waals surface area (Å²) in [6.07, 6.45) is 4.98. The van der Waals surface area contributed by atoms with Crippen LogP contribution < -0.4 is 5.32 Å². The number of rotatable bonds is 4. The van der Waals surface area contributed by atoms with Crippen LogP contribution in [0, 0.1) is 17.8 Å². The summed E-state index contributed by atoms with van der Waals surface area (Å²) >= 11 is 5.79. The first-order valence-electron chi connectivity index (χ1n) is 8.82. The lowest BCUT2D eigenvalue weighted by Crippen LogP contribution is -2.32. The van der Waals surface area contributed by atoms with Gasteiger partial charge in [0.25, 0.3) is 0 Å². The van der Waals surface area contributed by atoms with Gasteiger partial charge >= 0.3 is 0 Å². The number of nitrogens with zero attached hydrogens (tertiary/aromatic N) is 3. The monoisotopic (exact) mass is 336 g/mol. The van der Waals surface area contributed by atoms with Crippen molar-refractivity contribution in [3.63, 3.8) is 0 Å². The number of likely N-dealkylation sites (tertiary alicyclic amines) is 1. The molecule has 1 unspecified atom stereocenters. The lowest BCUT2D eigenvalue weighted by atomic mass is 10.00. The van der Waals surface area contributed by atoms with E-state index < -0.39 is 0 Å². The summed E-state index contributed by atoms with van der Waals surface area (Å²) in [6, 6.07) is 4.24. The van der Waals surface area contributed by atoms with Crippen LogP contribution in [0.5, 0.6) is 0 Å². The van der Waals surface area contributed by atoms with Gasteiger partial charge in [-0.05, 0) is 55.6 Å². The summed E-state index contributed by atoms with van der Waals surface area (Å²) in [6.45, 7) is 5.73. The Morgan fingerprint density at radius 3 is 2.52 bits per heavy atom. The summed E-state index contributed by atoms with van der Waals surface area (Å²) in [5.74, 6) is 3.37. The number of hydrogen-bond donors (Lipinski definition) is 1. The molecule has 0 bridgehead atoms. The second kappa shape index (κ2) is 6.91. The first-order valence-corrected chi connectivity index (χ1v) is 9.20. The molecule has 0 amide bonds. The Bertz CT molecular complexity index is 506. The van der Waals surface area contributed by atoms with Crippen molar-refractivity contribution < 1.29 is 4.74 Å². The van der Waals surface area contributed by atoms with Crippen LogP contribution in [0.1, 0.15) is 25.7 Å². The van der Waals surface area contributed by atoms with Crippen LogP contribution in [0.25, 0.3) is 0 Å². The molecule has 1 aromatic heterocycles. The summed E-state index contributed by atoms with van der Waals surface area (Å²) in [5, 5.41) is 12.0. The van der Waals surface area contributed by atoms with Crippen LogP contribution in [0.3, 0.4) is 0 Å². The Balaban J connectivity index is 1.25. The van der Waals surface area contributed by atoms with E-state index in [2.05, 4.69) is 20.4 Å². The van der Waals surface area contributed by atoms with Crippen LogP contribution in [-0.2, 0) is 4.74 Å². The number of aromatic nitrogens is 2. The molecule has 1 N–H and O–H groups in total. The molecular weight excluding hydrogens is 312 g/mol. The van der Waals surface area contributed by atoms with Gasteiger partial charge in [-0.25, -0.2) is 0 Å². The van der Waals surface area contributed by atoms with E-state index in [4.69, 9.17) is 16.3 Å². The van der Waals surface area contributed by atoms with E-state index in [9.17, 15) is 0 Å². The van der Waals surface area contributed by atoms with Gasteiger partial charge in [0.1, 0.15) is 5.82 Å². The largest absolute Gasteiger partial charge is 0.381 e. The molecule has 0 radical (unpaired) electrons. The molecule has 3 fully saturated rings. The molecule has 1 aliphatic carbocycles. The van der Waals surface area contributed by atoms with Gasteiger partial charge < -0.3 is 15.0 Å². The van der Waals surface area contributed by atoms with Crippen molar-refractivity contribution in [2.75, 3.05) is 38.2 Å². The highest BCUT2D eigenvalue weighted by atomic mass is 35.5. The first kappa shape index (κ1) is 15.6. The number of hydrogen-bond acceptors (Lipinski definition) is 5. The maximum atomic E-state index is 5.79. The van der Waals surface area contributed by atoms with Crippen LogP contribution in [0.15, 0.2) is 12.1 Å². The molecule has 23 heavy (non-hydrogen) atoms. The zero-order chi connectivity index (χ0) is 15.6. The highest BCUT2D eigenvalue weighted by molar-refractivity contribution is 6.29. The SMILES string of the molecule is Clc1ccc(N[C@@H]2CC3CN(CC4CCOCC4)C[C@H]3C2)nn1. The van der Waals surface area contributed by atoms with Crippen molar-refractivity contribution in [1.29, 1.82) is 0 Å². The first-order chi connectivity index (χ1) is 11.3. The van der Waals surface area contributed by atoms with Crippen LogP contribution in [-0.4, -0.2) is 54.0 Å². The van der Waals surface area contributed by atoms with E-state index in [1.807, 2.05) is 6.07 Å². The number of nitrogens with one attached hydrogen (secondary N) is 1. The number of halogens is 1. The Labute approximate surface area is 142 Å². The molecule has 3 aliphatic rings. The molecule has 3 atom stereocenters. The molecule has 126 valence electrons. The van der Waals surface area contributed by atoms with Crippen LogP contribution in [0.4, 0.5) is 5.82 Å². The minimum absolute atomic E-state index is 0.447. The number of ether oxygens (including phenoxy) is 1. The summed E-state index contributed by atoms with van der Waals surface area (Å²) in [5.41, 5.74) is 0. The van der Waals surface area contributed by atoms with Crippen LogP contribution in [0.2, 0.25) is 5.15 Å². The smallest absolute Gasteiger partial charge is 0.151 e. The zero-order valence-electron chi connectivity index (χ0n) is 13.5. The van der Waals surface area contributed by atoms with Gasteiger partial charge in [0, 0.05) is 38.9 Å². The molecule has 3 heterocycles. The van der Waals surface area contributed by atoms with Crippen molar-refractivity contribution in [2.45, 2.75) is 31.7 Å². The lowest BCUT2D eigenvalue weighted by molar-refractivity contribution is 0.0545. The molecule has 4 rings (SSSR count). The highest BCUT2D eigenvalue weighted by Gasteiger charge is 2.41. The molecule has 6 heteroatoms. The fraction of sp³-hybridized carbons (Fsp3) is 0.765. The Kier molecular flexibility index (Phi) is 4.69. The average Bonchev–Trinajstić information content (AvgIpc) is 3.08. The van der Waals surface area contributed by atoms with Gasteiger partial charge in [-0.15, -0.1) is 10.2 Å². The van der Waals surface area contributed by atoms with Gasteiger partial charge in [-0.2, -0.15) is 0 Å². The predicted octanol–water partition coefficient (Wildman–Crippen LogP) is 2.68. The number of fused-ring (bicyclic) bond motifs is 1. The second-order valence-corrected chi connectivity index (χ2v) is 7.74. The van der Waals surface area contributed by atoms with Crippen molar-refractivity contribution in [2.24, 2.45) is 17.8 Å². The van der Waals surface area contributed by atoms with Gasteiger partial charge in [-0.1, -0.05) is 11.6 Å². The molecular formula is C17H25ClN4O. The minimum Gasteiger partial charge on any atom is -0.381 e. The van der Waals surface area contributed by atoms with E-state index in [0.29, 0.717) is 11.2 Å². The molecule has 0 spiro atoms. The fourth-order valence-electron chi connectivity index (χ4n) is 4.56. The van der Waals surface area contributed by atoms with Crippen molar-refractivity contribution in [1.82, 2.24) is 15.1 Å². The molecule has 5 nitrogen and oxygen atoms in total. The van der Waals surface area contributed by atoms with E-state index in [0.717, 1.165) is 36.8 Å². The Hall–Kier alpha value is -0.910. The molecule has 1 saturated carbocycles. The maximum Gasteiger partial charge on any atom is 0.151 e. The van der Waals surface area contributed by atoms with E-state index in [1.54, 1.807) is 6.07 Å². The molecule has 1 aromatic rings. The maximum absolute atomic E-state index is 5.79. The minimum atomic E-state index is 0.447. The van der Waals surface area contributed by atoms with E-state index in [1.165, 1.54) is 45.3 Å². The quantitative estimate of drug-likeness (QED) is 0.916. The standard InChI is InChI=1S/C17H25ClN4O/c18-16-1-2-17(21-20-16)19-15-7-13-10-22(11-14(13)8-15)9-12-3-5-23-6-4-12/h1-2,12-15H,3-11H2,(H,19,21)/t13-,14?,15+/m1/s1. The van der Waals surface area contributed by atoms with Crippen molar-refractivity contribution >= 4 is 17.4 Å². The molecule has 2 aliphatic heterocycles. The van der Waals surface area contributed by atoms with E-state index in [-0.39, 0.29) is 0 Å². The van der Waals surface area contributed by atoms with Gasteiger partial charge in [0.15, 0.2) is 5.15 Å². The van der Waals surface area contributed by atoms with Crippen LogP contribution >= 0.6 is 11.6 Å². The van der Waals surface area contributed by atoms with Gasteiger partial charge in [0.2, 0.25) is 0 Å². The van der Waals surface area contributed by atoms with Gasteiger partial charge in [0.05, 0.1) is 0 Å². The summed E-state index contributed by atoms with van der Waals surface area (Å²) in [7, 11) is 0. The summed E-state index contributed by atoms with van der Waals surface area (Å²) < 4.78 is 5.47. The zero-order valence-corrected chi connectivity index (χ0v) is 14.2. The second-order valence-electron chi connectivity index (χ2n) is 7.35. The number of anilines is 1. The Morgan fingerprint density at radius 2 is 1.87 bits per heavy atom. The van der Waals surface area contributed by atoms with Crippen molar-refractivity contribution in [3.8, 4) is 0 Å². The van der Waals surface area contributed by atoms with E-state index >= 15 is 0 Å². The predicted molar refractivity (Wildman–Crippen MR) is 90.6 cm³/mol. The highest BCUT2D eigenvalue weighted by Crippen LogP contribution is 2.39. The summed E-state index contributed by atoms with van der Waals surface area (Å²) in [4.78, 5) is 2.70. The third-order valence-corrected chi connectivity index (χ3v) is 5.87. The fourth-order valence-corrected chi connectivity index (χ4v) is 4.66. The lowest BCUT2D eigenvalue weighted by Gasteiger charge is -2.27. The normalized spacial score (nSPS) is 32.1. The average molecular weight is 337 g/mol. The van der Waals surface area contributed by atoms with Gasteiger partial charge in [-0.3, -0.25) is 0 Å². The Morgan fingerprint density at radius 1 is 1.13 bits per heavy atom. The third kappa shape index (κ3) is 3.78. The molecule has 0 aromatic carbocycles. The molecule has 2 saturated heterocycles. The van der Waals surface area contributed by atoms with Crippen molar-refractivity contribution in [3.05, 3.63) is 17.3 Å². The third-order valence-electron chi connectivity index (χ3n) is 5.67.